The lowest BCUT2D eigenvalue weighted by atomic mass is 9.93. The molecule has 2 aliphatic heterocycles. The van der Waals surface area contributed by atoms with Gasteiger partial charge in [-0.15, -0.1) is 5.10 Å². The number of fused-ring (bicyclic) bond motifs is 1. The second-order valence-corrected chi connectivity index (χ2v) is 6.76. The molecule has 2 aliphatic rings. The number of alkyl halides is 3. The lowest BCUT2D eigenvalue weighted by molar-refractivity contribution is -0.192. The van der Waals surface area contributed by atoms with E-state index in [9.17, 15) is 13.2 Å². The van der Waals surface area contributed by atoms with Gasteiger partial charge in [0, 0.05) is 32.1 Å². The predicted octanol–water partition coefficient (Wildman–Crippen LogP) is 0.938. The van der Waals surface area contributed by atoms with E-state index < -0.39 is 12.1 Å². The maximum atomic E-state index is 10.6. The smallest absolute Gasteiger partial charge is 0.475 e. The molecule has 0 aliphatic carbocycles. The van der Waals surface area contributed by atoms with Gasteiger partial charge in [0.25, 0.3) is 0 Å². The van der Waals surface area contributed by atoms with Crippen LogP contribution < -0.4 is 4.90 Å². The van der Waals surface area contributed by atoms with E-state index in [0.717, 1.165) is 57.3 Å². The number of aromatic nitrogens is 2. The average molecular weight is 406 g/mol. The van der Waals surface area contributed by atoms with Gasteiger partial charge in [0.2, 0.25) is 0 Å². The molecule has 1 aromatic rings. The minimum Gasteiger partial charge on any atom is -0.475 e. The van der Waals surface area contributed by atoms with Crippen LogP contribution in [0.15, 0.2) is 12.1 Å². The van der Waals surface area contributed by atoms with E-state index >= 15 is 0 Å². The molecule has 3 heterocycles. The van der Waals surface area contributed by atoms with Crippen LogP contribution in [0.4, 0.5) is 19.0 Å². The molecule has 2 atom stereocenters. The number of carboxylic acid groups (broad SMARTS) is 1. The minimum absolute atomic E-state index is 0.225. The predicted molar refractivity (Wildman–Crippen MR) is 94.0 cm³/mol. The molecular formula is C17H25F3N4O4. The zero-order chi connectivity index (χ0) is 20.7. The molecule has 1 aromatic heterocycles. The van der Waals surface area contributed by atoms with Gasteiger partial charge in [-0.3, -0.25) is 4.90 Å². The number of rotatable bonds is 3. The number of halogens is 3. The third-order valence-corrected chi connectivity index (χ3v) is 4.69. The van der Waals surface area contributed by atoms with Crippen LogP contribution in [0.2, 0.25) is 0 Å². The Morgan fingerprint density at radius 1 is 1.29 bits per heavy atom. The second-order valence-electron chi connectivity index (χ2n) is 6.76. The molecule has 11 heteroatoms. The Morgan fingerprint density at radius 2 is 2.00 bits per heavy atom. The normalized spacial score (nSPS) is 23.2. The van der Waals surface area contributed by atoms with Crippen LogP contribution in [0, 0.1) is 12.8 Å². The molecule has 0 unspecified atom stereocenters. The summed E-state index contributed by atoms with van der Waals surface area (Å²) in [4.78, 5) is 13.5. The molecule has 158 valence electrons. The van der Waals surface area contributed by atoms with Crippen molar-refractivity contribution in [2.45, 2.75) is 25.6 Å². The highest BCUT2D eigenvalue weighted by molar-refractivity contribution is 5.73. The topological polar surface area (TPSA) is 99.0 Å². The fourth-order valence-corrected chi connectivity index (χ4v) is 3.23. The van der Waals surface area contributed by atoms with Crippen molar-refractivity contribution in [1.29, 1.82) is 0 Å². The Hall–Kier alpha value is -1.98. The van der Waals surface area contributed by atoms with Crippen molar-refractivity contribution in [3.8, 4) is 0 Å². The Kier molecular flexibility index (Phi) is 7.96. The number of nitrogens with zero attached hydrogens (tertiary/aromatic N) is 4. The first-order chi connectivity index (χ1) is 13.2. The summed E-state index contributed by atoms with van der Waals surface area (Å²) in [5, 5.41) is 24.7. The maximum absolute atomic E-state index is 10.6. The first-order valence-electron chi connectivity index (χ1n) is 9.01. The van der Waals surface area contributed by atoms with Crippen molar-refractivity contribution in [1.82, 2.24) is 15.1 Å². The van der Waals surface area contributed by atoms with Crippen molar-refractivity contribution in [3.05, 3.63) is 17.8 Å². The number of aryl methyl sites for hydroxylation is 1. The molecule has 2 saturated heterocycles. The third-order valence-electron chi connectivity index (χ3n) is 4.69. The summed E-state index contributed by atoms with van der Waals surface area (Å²) in [5.74, 6) is -1.28. The SMILES string of the molecule is Cc1ccc(N2CCO[C@@H]3CN(CCO)CC[C@@H]3C2)nn1.O=C(O)C(F)(F)F. The second kappa shape index (κ2) is 9.99. The van der Waals surface area contributed by atoms with Gasteiger partial charge in [-0.05, 0) is 32.0 Å². The van der Waals surface area contributed by atoms with E-state index in [1.54, 1.807) is 0 Å². The van der Waals surface area contributed by atoms with Gasteiger partial charge >= 0.3 is 12.1 Å². The minimum atomic E-state index is -5.08. The molecule has 0 saturated carbocycles. The zero-order valence-electron chi connectivity index (χ0n) is 15.6. The fraction of sp³-hybridized carbons (Fsp3) is 0.706. The van der Waals surface area contributed by atoms with Crippen molar-refractivity contribution in [3.63, 3.8) is 0 Å². The van der Waals surface area contributed by atoms with Gasteiger partial charge in [-0.1, -0.05) is 0 Å². The highest BCUT2D eigenvalue weighted by Gasteiger charge is 2.38. The Labute approximate surface area is 160 Å². The van der Waals surface area contributed by atoms with Crippen LogP contribution in [-0.4, -0.2) is 89.5 Å². The van der Waals surface area contributed by atoms with Crippen molar-refractivity contribution in [2.24, 2.45) is 5.92 Å². The molecular weight excluding hydrogens is 381 g/mol. The number of aliphatic hydroxyl groups is 1. The summed E-state index contributed by atoms with van der Waals surface area (Å²) < 4.78 is 37.8. The molecule has 0 amide bonds. The lowest BCUT2D eigenvalue weighted by Crippen LogP contribution is -2.47. The van der Waals surface area contributed by atoms with Gasteiger partial charge in [0.15, 0.2) is 5.82 Å². The monoisotopic (exact) mass is 406 g/mol. The summed E-state index contributed by atoms with van der Waals surface area (Å²) in [7, 11) is 0. The van der Waals surface area contributed by atoms with Gasteiger partial charge in [-0.2, -0.15) is 18.3 Å². The number of hydrogen-bond donors (Lipinski definition) is 2. The van der Waals surface area contributed by atoms with E-state index in [1.165, 1.54) is 0 Å². The van der Waals surface area contributed by atoms with Gasteiger partial charge in [-0.25, -0.2) is 4.79 Å². The molecule has 2 fully saturated rings. The number of piperidine rings is 1. The van der Waals surface area contributed by atoms with Crippen LogP contribution >= 0.6 is 0 Å². The third kappa shape index (κ3) is 6.57. The summed E-state index contributed by atoms with van der Waals surface area (Å²) in [6.07, 6.45) is -3.70. The molecule has 0 aromatic carbocycles. The van der Waals surface area contributed by atoms with E-state index in [2.05, 4.69) is 20.0 Å². The van der Waals surface area contributed by atoms with Crippen LogP contribution in [0.5, 0.6) is 0 Å². The molecule has 8 nitrogen and oxygen atoms in total. The van der Waals surface area contributed by atoms with Gasteiger partial charge in [0.05, 0.1) is 25.0 Å². The number of carbonyl (C=O) groups is 1. The van der Waals surface area contributed by atoms with Crippen LogP contribution in [-0.2, 0) is 9.53 Å². The average Bonchev–Trinajstić information content (AvgIpc) is 2.84. The first kappa shape index (κ1) is 22.3. The molecule has 2 N–H and O–H groups in total. The molecule has 0 radical (unpaired) electrons. The number of likely N-dealkylation sites (tertiary alicyclic amines) is 1. The fourth-order valence-electron chi connectivity index (χ4n) is 3.23. The number of carboxylic acids is 1. The Balaban J connectivity index is 0.000000345. The standard InChI is InChI=1S/C15H24N4O2.C2HF3O2/c1-12-2-3-15(17-16-12)19-7-9-21-14-11-18(6-8-20)5-4-13(14)10-19;3-2(4,5)1(6)7/h2-3,13-14,20H,4-11H2,1H3;(H,6,7)/t13-,14-;/m1./s1. The highest BCUT2D eigenvalue weighted by atomic mass is 19.4. The molecule has 0 spiro atoms. The Morgan fingerprint density at radius 3 is 2.57 bits per heavy atom. The lowest BCUT2D eigenvalue weighted by Gasteiger charge is -2.37. The number of anilines is 1. The van der Waals surface area contributed by atoms with E-state index in [4.69, 9.17) is 19.7 Å². The number of ether oxygens (including phenoxy) is 1. The summed E-state index contributed by atoms with van der Waals surface area (Å²) in [6.45, 7) is 7.47. The summed E-state index contributed by atoms with van der Waals surface area (Å²) in [5.41, 5.74) is 0.944. The molecule has 3 rings (SSSR count). The summed E-state index contributed by atoms with van der Waals surface area (Å²) in [6, 6.07) is 4.05. The maximum Gasteiger partial charge on any atom is 0.490 e. The number of aliphatic hydroxyl groups excluding tert-OH is 1. The van der Waals surface area contributed by atoms with Crippen molar-refractivity contribution < 1.29 is 32.9 Å². The van der Waals surface area contributed by atoms with E-state index in [0.29, 0.717) is 5.92 Å². The van der Waals surface area contributed by atoms with Crippen LogP contribution in [0.3, 0.4) is 0 Å². The number of aliphatic carboxylic acids is 1. The molecule has 28 heavy (non-hydrogen) atoms. The van der Waals surface area contributed by atoms with Crippen LogP contribution in [0.1, 0.15) is 12.1 Å². The zero-order valence-corrected chi connectivity index (χ0v) is 15.6. The van der Waals surface area contributed by atoms with Crippen molar-refractivity contribution in [2.75, 3.05) is 50.8 Å². The van der Waals surface area contributed by atoms with Crippen molar-refractivity contribution >= 4 is 11.8 Å². The highest BCUT2D eigenvalue weighted by Crippen LogP contribution is 2.25. The van der Waals surface area contributed by atoms with Gasteiger partial charge < -0.3 is 19.8 Å². The molecule has 0 bridgehead atoms. The first-order valence-corrected chi connectivity index (χ1v) is 9.01. The number of β-amino-alcohol motifs (C(OH)–C–C–N with tert-alkyl or cyclic N) is 1. The Bertz CT molecular complexity index is 630. The van der Waals surface area contributed by atoms with Gasteiger partial charge in [0.1, 0.15) is 0 Å². The van der Waals surface area contributed by atoms with Crippen LogP contribution in [0.25, 0.3) is 0 Å². The largest absolute Gasteiger partial charge is 0.490 e. The quantitative estimate of drug-likeness (QED) is 0.765. The number of hydrogen-bond acceptors (Lipinski definition) is 7. The van der Waals surface area contributed by atoms with E-state index in [-0.39, 0.29) is 12.7 Å². The summed E-state index contributed by atoms with van der Waals surface area (Å²) >= 11 is 0. The van der Waals surface area contributed by atoms with E-state index in [1.807, 2.05) is 19.1 Å².